The predicted molar refractivity (Wildman–Crippen MR) is 69.2 cm³/mol. The third-order valence-corrected chi connectivity index (χ3v) is 4.68. The van der Waals surface area contributed by atoms with Gasteiger partial charge in [-0.1, -0.05) is 11.3 Å². The minimum Gasteiger partial charge on any atom is -0.353 e. The van der Waals surface area contributed by atoms with Crippen LogP contribution in [0.1, 0.15) is 35.1 Å². The Morgan fingerprint density at radius 3 is 3.00 bits per heavy atom. The number of amides is 1. The first kappa shape index (κ1) is 11.6. The second kappa shape index (κ2) is 4.35. The van der Waals surface area contributed by atoms with Crippen LogP contribution in [-0.2, 0) is 11.2 Å². The molecule has 0 radical (unpaired) electrons. The number of hydrogen-bond acceptors (Lipinski definition) is 5. The van der Waals surface area contributed by atoms with E-state index in [2.05, 4.69) is 10.3 Å². The minimum absolute atomic E-state index is 0.0285. The normalized spacial score (nSPS) is 23.8. The van der Waals surface area contributed by atoms with Crippen LogP contribution in [-0.4, -0.2) is 35.8 Å². The fourth-order valence-corrected chi connectivity index (χ4v) is 3.61. The van der Waals surface area contributed by atoms with Gasteiger partial charge in [-0.15, -0.1) is 0 Å². The first-order valence-corrected chi connectivity index (χ1v) is 7.05. The minimum atomic E-state index is -0.207. The lowest BCUT2D eigenvalue weighted by atomic mass is 10.0. The van der Waals surface area contributed by atoms with Crippen LogP contribution in [0.25, 0.3) is 0 Å². The molecule has 1 atom stereocenters. The van der Waals surface area contributed by atoms with Crippen LogP contribution in [0.4, 0.5) is 5.13 Å². The Hall–Kier alpha value is -1.43. The van der Waals surface area contributed by atoms with Crippen molar-refractivity contribution in [2.45, 2.75) is 32.2 Å². The zero-order chi connectivity index (χ0) is 12.7. The highest BCUT2D eigenvalue weighted by atomic mass is 32.1. The highest BCUT2D eigenvalue weighted by Gasteiger charge is 2.30. The zero-order valence-electron chi connectivity index (χ0n) is 10.2. The molecule has 1 aliphatic carbocycles. The fourth-order valence-electron chi connectivity index (χ4n) is 2.42. The number of aromatic nitrogens is 1. The molecule has 1 N–H and O–H groups in total. The van der Waals surface area contributed by atoms with Crippen molar-refractivity contribution in [1.82, 2.24) is 10.3 Å². The number of fused-ring (bicyclic) bond motifs is 1. The van der Waals surface area contributed by atoms with Crippen molar-refractivity contribution in [1.29, 1.82) is 0 Å². The van der Waals surface area contributed by atoms with Crippen LogP contribution >= 0.6 is 11.3 Å². The Morgan fingerprint density at radius 1 is 1.39 bits per heavy atom. The van der Waals surface area contributed by atoms with Gasteiger partial charge < -0.3 is 10.2 Å². The number of carbonyl (C=O) groups excluding carboxylic acids is 2. The van der Waals surface area contributed by atoms with E-state index < -0.39 is 0 Å². The molecular formula is C12H15N3O2S. The quantitative estimate of drug-likeness (QED) is 0.822. The van der Waals surface area contributed by atoms with Crippen LogP contribution in [0.15, 0.2) is 0 Å². The van der Waals surface area contributed by atoms with Crippen molar-refractivity contribution in [2.24, 2.45) is 0 Å². The molecule has 0 aromatic carbocycles. The van der Waals surface area contributed by atoms with E-state index in [1.54, 1.807) is 0 Å². The first-order chi connectivity index (χ1) is 8.66. The average molecular weight is 265 g/mol. The maximum absolute atomic E-state index is 11.8. The number of Topliss-reactive ketones (excluding diaryl/α,β-unsaturated/α-hetero) is 1. The third kappa shape index (κ3) is 1.80. The van der Waals surface area contributed by atoms with E-state index in [1.165, 1.54) is 11.3 Å². The second-order valence-electron chi connectivity index (χ2n) is 4.71. The highest BCUT2D eigenvalue weighted by Crippen LogP contribution is 2.32. The van der Waals surface area contributed by atoms with E-state index in [4.69, 9.17) is 0 Å². The lowest BCUT2D eigenvalue weighted by molar-refractivity contribution is -0.122. The monoisotopic (exact) mass is 265 g/mol. The smallest absolute Gasteiger partial charge is 0.242 e. The Morgan fingerprint density at radius 2 is 2.22 bits per heavy atom. The van der Waals surface area contributed by atoms with E-state index in [1.807, 2.05) is 11.8 Å². The van der Waals surface area contributed by atoms with Gasteiger partial charge in [0.05, 0.1) is 10.6 Å². The van der Waals surface area contributed by atoms with Crippen molar-refractivity contribution in [3.8, 4) is 0 Å². The molecule has 1 aromatic heterocycles. The largest absolute Gasteiger partial charge is 0.353 e. The van der Waals surface area contributed by atoms with Crippen molar-refractivity contribution < 1.29 is 9.59 Å². The summed E-state index contributed by atoms with van der Waals surface area (Å²) in [6.07, 6.45) is 2.40. The molecule has 6 heteroatoms. The van der Waals surface area contributed by atoms with Gasteiger partial charge in [0.15, 0.2) is 10.9 Å². The number of hydrogen-bond donors (Lipinski definition) is 1. The van der Waals surface area contributed by atoms with Crippen LogP contribution < -0.4 is 10.2 Å². The number of carbonyl (C=O) groups is 2. The predicted octanol–water partition coefficient (Wildman–Crippen LogP) is 0.987. The summed E-state index contributed by atoms with van der Waals surface area (Å²) < 4.78 is 0. The van der Waals surface area contributed by atoms with Crippen LogP contribution in [0.2, 0.25) is 0 Å². The molecule has 18 heavy (non-hydrogen) atoms. The van der Waals surface area contributed by atoms with Gasteiger partial charge >= 0.3 is 0 Å². The molecule has 1 aliphatic heterocycles. The van der Waals surface area contributed by atoms with Crippen molar-refractivity contribution >= 4 is 28.2 Å². The molecule has 0 spiro atoms. The lowest BCUT2D eigenvalue weighted by Gasteiger charge is -2.32. The van der Waals surface area contributed by atoms with Gasteiger partial charge in [0.2, 0.25) is 5.91 Å². The molecule has 2 aliphatic rings. The molecule has 96 valence electrons. The van der Waals surface area contributed by atoms with E-state index >= 15 is 0 Å². The third-order valence-electron chi connectivity index (χ3n) is 3.50. The fraction of sp³-hybridized carbons (Fsp3) is 0.583. The molecule has 0 saturated carbocycles. The van der Waals surface area contributed by atoms with Gasteiger partial charge in [-0.3, -0.25) is 9.59 Å². The molecule has 0 bridgehead atoms. The van der Waals surface area contributed by atoms with Crippen LogP contribution in [0.3, 0.4) is 0 Å². The summed E-state index contributed by atoms with van der Waals surface area (Å²) in [5.41, 5.74) is 0.921. The summed E-state index contributed by atoms with van der Waals surface area (Å²) in [6, 6.07) is -0.207. The topological polar surface area (TPSA) is 62.3 Å². The Labute approximate surface area is 109 Å². The average Bonchev–Trinajstić information content (AvgIpc) is 2.78. The highest BCUT2D eigenvalue weighted by molar-refractivity contribution is 7.17. The maximum atomic E-state index is 11.8. The van der Waals surface area contributed by atoms with E-state index in [-0.39, 0.29) is 17.7 Å². The van der Waals surface area contributed by atoms with Crippen LogP contribution in [0.5, 0.6) is 0 Å². The van der Waals surface area contributed by atoms with Gasteiger partial charge in [0, 0.05) is 19.5 Å². The summed E-state index contributed by atoms with van der Waals surface area (Å²) in [5.74, 6) is 0.231. The second-order valence-corrected chi connectivity index (χ2v) is 5.69. The van der Waals surface area contributed by atoms with Gasteiger partial charge in [-0.2, -0.15) is 0 Å². The van der Waals surface area contributed by atoms with E-state index in [9.17, 15) is 9.59 Å². The van der Waals surface area contributed by atoms with E-state index in [0.29, 0.717) is 13.0 Å². The molecular weight excluding hydrogens is 250 g/mol. The maximum Gasteiger partial charge on any atom is 0.242 e. The van der Waals surface area contributed by atoms with Crippen molar-refractivity contribution in [2.75, 3.05) is 18.0 Å². The number of nitrogens with zero attached hydrogens (tertiary/aromatic N) is 2. The summed E-state index contributed by atoms with van der Waals surface area (Å²) >= 11 is 1.44. The summed E-state index contributed by atoms with van der Waals surface area (Å²) in [7, 11) is 0. The van der Waals surface area contributed by atoms with Crippen molar-refractivity contribution in [3.05, 3.63) is 10.6 Å². The number of ketones is 1. The summed E-state index contributed by atoms with van der Waals surface area (Å²) in [5, 5.41) is 3.65. The molecule has 1 unspecified atom stereocenters. The Bertz CT molecular complexity index is 511. The van der Waals surface area contributed by atoms with E-state index in [0.717, 1.165) is 35.1 Å². The molecule has 3 rings (SSSR count). The first-order valence-electron chi connectivity index (χ1n) is 6.24. The standard InChI is InChI=1S/C12H15N3O2S/c1-7-11(17)13-5-6-15(7)12-14-8-3-2-4-9(16)10(8)18-12/h7H,2-6H2,1H3,(H,13,17). The molecule has 1 aromatic rings. The van der Waals surface area contributed by atoms with Gasteiger partial charge in [0.25, 0.3) is 0 Å². The number of aryl methyl sites for hydroxylation is 1. The summed E-state index contributed by atoms with van der Waals surface area (Å²) in [6.45, 7) is 3.27. The number of thiazole rings is 1. The SMILES string of the molecule is CC1C(=O)NCCN1c1nc2c(s1)C(=O)CCC2. The number of piperazine rings is 1. The lowest BCUT2D eigenvalue weighted by Crippen LogP contribution is -2.54. The van der Waals surface area contributed by atoms with Crippen LogP contribution in [0, 0.1) is 0 Å². The Kier molecular flexibility index (Phi) is 2.81. The number of rotatable bonds is 1. The molecule has 2 heterocycles. The Balaban J connectivity index is 1.93. The van der Waals surface area contributed by atoms with Gasteiger partial charge in [0.1, 0.15) is 6.04 Å². The number of nitrogens with one attached hydrogen (secondary N) is 1. The molecule has 1 fully saturated rings. The zero-order valence-corrected chi connectivity index (χ0v) is 11.0. The molecule has 5 nitrogen and oxygen atoms in total. The molecule has 1 amide bonds. The number of anilines is 1. The van der Waals surface area contributed by atoms with Gasteiger partial charge in [-0.05, 0) is 19.8 Å². The summed E-state index contributed by atoms with van der Waals surface area (Å²) in [4.78, 5) is 30.8. The molecule has 1 saturated heterocycles. The van der Waals surface area contributed by atoms with Gasteiger partial charge in [-0.25, -0.2) is 4.98 Å². The van der Waals surface area contributed by atoms with Crippen molar-refractivity contribution in [3.63, 3.8) is 0 Å².